The van der Waals surface area contributed by atoms with Gasteiger partial charge in [-0.05, 0) is 123 Å². The molecule has 3 nitrogen and oxygen atoms in total. The molecular formula is C55H31N3. The molecule has 266 valence electrons. The molecule has 13 aromatic rings. The fourth-order valence-corrected chi connectivity index (χ4v) is 10.00. The topological polar surface area (TPSA) is 32.6 Å². The first-order valence-corrected chi connectivity index (χ1v) is 19.8. The van der Waals surface area contributed by atoms with Crippen molar-refractivity contribution in [2.24, 2.45) is 0 Å². The van der Waals surface area contributed by atoms with Crippen LogP contribution in [-0.2, 0) is 0 Å². The van der Waals surface area contributed by atoms with Crippen LogP contribution < -0.4 is 0 Å². The van der Waals surface area contributed by atoms with E-state index < -0.39 is 0 Å². The Morgan fingerprint density at radius 3 is 1.19 bits per heavy atom. The molecule has 4 aromatic heterocycles. The van der Waals surface area contributed by atoms with Crippen LogP contribution >= 0.6 is 0 Å². The molecule has 0 fully saturated rings. The highest BCUT2D eigenvalue weighted by Crippen LogP contribution is 2.45. The molecule has 3 heteroatoms. The normalized spacial score (nSPS) is 12.1. The first kappa shape index (κ1) is 31.3. The van der Waals surface area contributed by atoms with Gasteiger partial charge in [0, 0.05) is 43.1 Å². The Labute approximate surface area is 333 Å². The van der Waals surface area contributed by atoms with E-state index in [4.69, 9.17) is 0 Å². The lowest BCUT2D eigenvalue weighted by molar-refractivity contribution is 1.37. The van der Waals surface area contributed by atoms with Crippen LogP contribution in [0.3, 0.4) is 0 Å². The molecule has 0 radical (unpaired) electrons. The molecule has 13 rings (SSSR count). The van der Waals surface area contributed by atoms with Crippen molar-refractivity contribution in [3.63, 3.8) is 0 Å². The van der Waals surface area contributed by atoms with Crippen LogP contribution in [0.15, 0.2) is 188 Å². The minimum absolute atomic E-state index is 0.652. The molecule has 0 amide bonds. The molecule has 0 atom stereocenters. The zero-order chi connectivity index (χ0) is 38.1. The van der Waals surface area contributed by atoms with Crippen molar-refractivity contribution in [2.75, 3.05) is 0 Å². The van der Waals surface area contributed by atoms with Gasteiger partial charge in [0.2, 0.25) is 0 Å². The standard InChI is InChI=1S/C55H31N3/c56-32-33-23-38(34-11-2-1-3-12-34)26-39(24-33)35-13-10-14-36(25-35)40-28-48-44-17-6-9-20-52(44)58-53-22-21-37(27-45(53)49(31-40)55(48)58)41-29-46-42-15-4-7-18-50(42)57-51-19-8-5-16-43(51)47(30-41)54(46)57/h1-31H. The maximum atomic E-state index is 10.0. The molecule has 9 aromatic carbocycles. The second-order valence-corrected chi connectivity index (χ2v) is 15.7. The summed E-state index contributed by atoms with van der Waals surface area (Å²) >= 11 is 0. The van der Waals surface area contributed by atoms with Crippen LogP contribution in [0.5, 0.6) is 0 Å². The third-order valence-electron chi connectivity index (χ3n) is 12.5. The van der Waals surface area contributed by atoms with Gasteiger partial charge in [-0.25, -0.2) is 0 Å². The maximum Gasteiger partial charge on any atom is 0.0992 e. The third-order valence-corrected chi connectivity index (χ3v) is 12.5. The number of hydrogen-bond acceptors (Lipinski definition) is 1. The molecule has 0 N–H and O–H groups in total. The first-order chi connectivity index (χ1) is 28.7. The predicted octanol–water partition coefficient (Wildman–Crippen LogP) is 14.5. The van der Waals surface area contributed by atoms with Crippen LogP contribution in [-0.4, -0.2) is 8.80 Å². The molecule has 0 aliphatic carbocycles. The lowest BCUT2D eigenvalue weighted by atomic mass is 9.93. The highest BCUT2D eigenvalue weighted by molar-refractivity contribution is 6.26. The summed E-state index contributed by atoms with van der Waals surface area (Å²) in [5.41, 5.74) is 17.1. The van der Waals surface area contributed by atoms with Gasteiger partial charge in [0.05, 0.1) is 44.7 Å². The van der Waals surface area contributed by atoms with Crippen molar-refractivity contribution in [3.05, 3.63) is 194 Å². The van der Waals surface area contributed by atoms with Gasteiger partial charge in [-0.15, -0.1) is 0 Å². The lowest BCUT2D eigenvalue weighted by Crippen LogP contribution is -1.86. The molecule has 0 saturated heterocycles. The summed E-state index contributed by atoms with van der Waals surface area (Å²) in [6.07, 6.45) is 0. The highest BCUT2D eigenvalue weighted by Gasteiger charge is 2.22. The zero-order valence-electron chi connectivity index (χ0n) is 31.2. The van der Waals surface area contributed by atoms with Crippen molar-refractivity contribution in [1.82, 2.24) is 8.80 Å². The Kier molecular flexibility index (Phi) is 6.23. The summed E-state index contributed by atoms with van der Waals surface area (Å²) in [4.78, 5) is 0. The number of fused-ring (bicyclic) bond motifs is 12. The van der Waals surface area contributed by atoms with Crippen LogP contribution in [0.1, 0.15) is 5.56 Å². The van der Waals surface area contributed by atoms with Gasteiger partial charge < -0.3 is 8.80 Å². The van der Waals surface area contributed by atoms with E-state index in [1.807, 2.05) is 30.3 Å². The van der Waals surface area contributed by atoms with E-state index in [1.54, 1.807) is 0 Å². The van der Waals surface area contributed by atoms with Crippen LogP contribution in [0.25, 0.3) is 121 Å². The van der Waals surface area contributed by atoms with E-state index >= 15 is 0 Å². The molecule has 0 aliphatic heterocycles. The Morgan fingerprint density at radius 2 is 0.655 bits per heavy atom. The Morgan fingerprint density at radius 1 is 0.276 bits per heavy atom. The Bertz CT molecular complexity index is 3770. The van der Waals surface area contributed by atoms with Gasteiger partial charge in [0.15, 0.2) is 0 Å². The van der Waals surface area contributed by atoms with Crippen molar-refractivity contribution in [1.29, 1.82) is 5.26 Å². The molecule has 0 bridgehead atoms. The summed E-state index contributed by atoms with van der Waals surface area (Å²) in [6, 6.07) is 70.6. The lowest BCUT2D eigenvalue weighted by Gasteiger charge is -2.10. The molecule has 0 saturated carbocycles. The van der Waals surface area contributed by atoms with Crippen molar-refractivity contribution < 1.29 is 0 Å². The van der Waals surface area contributed by atoms with Crippen LogP contribution in [0.2, 0.25) is 0 Å². The summed E-state index contributed by atoms with van der Waals surface area (Å²) in [5, 5.41) is 20.2. The number of hydrogen-bond donors (Lipinski definition) is 0. The van der Waals surface area contributed by atoms with Gasteiger partial charge in [-0.3, -0.25) is 0 Å². The van der Waals surface area contributed by atoms with Crippen molar-refractivity contribution in [3.8, 4) is 50.6 Å². The Balaban J connectivity index is 1.03. The second-order valence-electron chi connectivity index (χ2n) is 15.7. The highest BCUT2D eigenvalue weighted by atomic mass is 14.9. The number of benzene rings is 9. The SMILES string of the molecule is N#Cc1cc(-c2ccccc2)cc(-c2cccc(-c3cc4c5ccccc5n5c6ccc(-c7cc8c9ccccc9n9c%10ccccc%10c(c7)c89)cc6c(c3)c45)c2)c1. The van der Waals surface area contributed by atoms with E-state index in [0.717, 1.165) is 27.8 Å². The summed E-state index contributed by atoms with van der Waals surface area (Å²) in [5.74, 6) is 0. The summed E-state index contributed by atoms with van der Waals surface area (Å²) in [7, 11) is 0. The van der Waals surface area contributed by atoms with Crippen molar-refractivity contribution >= 4 is 76.2 Å². The third kappa shape index (κ3) is 4.26. The average Bonchev–Trinajstić information content (AvgIpc) is 4.02. The second kappa shape index (κ2) is 11.6. The van der Waals surface area contributed by atoms with Gasteiger partial charge in [0.25, 0.3) is 0 Å². The number of aromatic nitrogens is 2. The van der Waals surface area contributed by atoms with Gasteiger partial charge in [-0.1, -0.05) is 109 Å². The maximum absolute atomic E-state index is 10.0. The van der Waals surface area contributed by atoms with E-state index in [2.05, 4.69) is 173 Å². The number of rotatable bonds is 4. The molecule has 4 heterocycles. The summed E-state index contributed by atoms with van der Waals surface area (Å²) in [6.45, 7) is 0. The molecule has 0 aliphatic rings. The van der Waals surface area contributed by atoms with Gasteiger partial charge in [0.1, 0.15) is 0 Å². The summed E-state index contributed by atoms with van der Waals surface area (Å²) < 4.78 is 4.91. The van der Waals surface area contributed by atoms with E-state index in [-0.39, 0.29) is 0 Å². The minimum atomic E-state index is 0.652. The number of para-hydroxylation sites is 3. The number of nitrogens with zero attached hydrogens (tertiary/aromatic N) is 3. The van der Waals surface area contributed by atoms with Gasteiger partial charge in [-0.2, -0.15) is 5.26 Å². The van der Waals surface area contributed by atoms with Crippen LogP contribution in [0, 0.1) is 11.3 Å². The fourth-order valence-electron chi connectivity index (χ4n) is 10.00. The fraction of sp³-hybridized carbons (Fsp3) is 0. The zero-order valence-corrected chi connectivity index (χ0v) is 31.2. The number of nitriles is 1. The van der Waals surface area contributed by atoms with E-state index in [1.165, 1.54) is 92.9 Å². The average molecular weight is 734 g/mol. The predicted molar refractivity (Wildman–Crippen MR) is 242 cm³/mol. The molecular weight excluding hydrogens is 703 g/mol. The monoisotopic (exact) mass is 733 g/mol. The quantitative estimate of drug-likeness (QED) is 0.177. The molecule has 58 heavy (non-hydrogen) atoms. The molecule has 0 unspecified atom stereocenters. The van der Waals surface area contributed by atoms with E-state index in [0.29, 0.717) is 5.56 Å². The van der Waals surface area contributed by atoms with Gasteiger partial charge >= 0.3 is 0 Å². The largest absolute Gasteiger partial charge is 0.308 e. The first-order valence-electron chi connectivity index (χ1n) is 19.8. The minimum Gasteiger partial charge on any atom is -0.308 e. The smallest absolute Gasteiger partial charge is 0.0992 e. The van der Waals surface area contributed by atoms with Crippen molar-refractivity contribution in [2.45, 2.75) is 0 Å². The van der Waals surface area contributed by atoms with Crippen LogP contribution in [0.4, 0.5) is 0 Å². The molecule has 0 spiro atoms. The van der Waals surface area contributed by atoms with E-state index in [9.17, 15) is 5.26 Å². The Hall–Kier alpha value is -7.93.